The molecule has 5 nitrogen and oxygen atoms in total. The fourth-order valence-corrected chi connectivity index (χ4v) is 2.52. The lowest BCUT2D eigenvalue weighted by molar-refractivity contribution is -0.120. The fraction of sp³-hybridized carbons (Fsp3) is 0.263. The van der Waals surface area contributed by atoms with Crippen LogP contribution in [0, 0.1) is 0 Å². The van der Waals surface area contributed by atoms with Gasteiger partial charge in [-0.1, -0.05) is 28.1 Å². The zero-order valence-corrected chi connectivity index (χ0v) is 15.8. The number of hydrogen-bond donors (Lipinski definition) is 2. The number of benzene rings is 2. The summed E-state index contributed by atoms with van der Waals surface area (Å²) in [6, 6.07) is 14.4. The molecule has 0 unspecified atom stereocenters. The van der Waals surface area contributed by atoms with Crippen LogP contribution >= 0.6 is 15.9 Å². The molecule has 0 aliphatic carbocycles. The Labute approximate surface area is 155 Å². The first kappa shape index (κ1) is 19.0. The average molecular weight is 405 g/mol. The van der Waals surface area contributed by atoms with Crippen LogP contribution in [0.3, 0.4) is 0 Å². The maximum atomic E-state index is 12.1. The predicted molar refractivity (Wildman–Crippen MR) is 101 cm³/mol. The summed E-state index contributed by atoms with van der Waals surface area (Å²) in [4.78, 5) is 24.1. The SMILES string of the molecule is CCOc1ccc(C(=O)NCC(=O)N[C@@H](C)c2ccc(Br)cc2)cc1. The Bertz CT molecular complexity index is 714. The Morgan fingerprint density at radius 1 is 1.08 bits per heavy atom. The van der Waals surface area contributed by atoms with Crippen molar-refractivity contribution < 1.29 is 14.3 Å². The standard InChI is InChI=1S/C19H21BrN2O3/c1-3-25-17-10-6-15(7-11-17)19(24)21-12-18(23)22-13(2)14-4-8-16(20)9-5-14/h4-11,13H,3,12H2,1-2H3,(H,21,24)(H,22,23)/t13-/m0/s1. The van der Waals surface area contributed by atoms with Crippen LogP contribution in [0.15, 0.2) is 53.0 Å². The minimum atomic E-state index is -0.297. The van der Waals surface area contributed by atoms with Crippen molar-refractivity contribution in [1.82, 2.24) is 10.6 Å². The first-order valence-corrected chi connectivity index (χ1v) is 8.84. The number of carbonyl (C=O) groups excluding carboxylic acids is 2. The lowest BCUT2D eigenvalue weighted by Crippen LogP contribution is -2.38. The van der Waals surface area contributed by atoms with Crippen molar-refractivity contribution in [3.05, 3.63) is 64.1 Å². The molecule has 2 aromatic carbocycles. The summed E-state index contributed by atoms with van der Waals surface area (Å²) in [6.07, 6.45) is 0. The van der Waals surface area contributed by atoms with Crippen molar-refractivity contribution >= 4 is 27.7 Å². The van der Waals surface area contributed by atoms with Crippen LogP contribution < -0.4 is 15.4 Å². The molecule has 2 amide bonds. The molecule has 0 heterocycles. The van der Waals surface area contributed by atoms with Crippen molar-refractivity contribution in [3.8, 4) is 5.75 Å². The first-order valence-electron chi connectivity index (χ1n) is 8.05. The monoisotopic (exact) mass is 404 g/mol. The molecule has 2 N–H and O–H groups in total. The van der Waals surface area contributed by atoms with Gasteiger partial charge in [-0.25, -0.2) is 0 Å². The topological polar surface area (TPSA) is 67.4 Å². The van der Waals surface area contributed by atoms with Crippen LogP contribution in [-0.2, 0) is 4.79 Å². The van der Waals surface area contributed by atoms with E-state index in [1.807, 2.05) is 38.1 Å². The minimum absolute atomic E-state index is 0.0765. The van der Waals surface area contributed by atoms with Crippen LogP contribution in [0.4, 0.5) is 0 Å². The van der Waals surface area contributed by atoms with E-state index in [0.29, 0.717) is 17.9 Å². The third kappa shape index (κ3) is 5.90. The van der Waals surface area contributed by atoms with Crippen molar-refractivity contribution in [3.63, 3.8) is 0 Å². The second kappa shape index (κ2) is 9.22. The Morgan fingerprint density at radius 3 is 2.32 bits per heavy atom. The number of ether oxygens (including phenoxy) is 1. The third-order valence-electron chi connectivity index (χ3n) is 3.58. The summed E-state index contributed by atoms with van der Waals surface area (Å²) in [5.74, 6) is 0.171. The smallest absolute Gasteiger partial charge is 0.251 e. The van der Waals surface area contributed by atoms with E-state index >= 15 is 0 Å². The minimum Gasteiger partial charge on any atom is -0.494 e. The molecule has 0 aliphatic heterocycles. The van der Waals surface area contributed by atoms with Gasteiger partial charge in [0.1, 0.15) is 5.75 Å². The molecule has 0 spiro atoms. The van der Waals surface area contributed by atoms with Crippen molar-refractivity contribution in [2.45, 2.75) is 19.9 Å². The lowest BCUT2D eigenvalue weighted by Gasteiger charge is -2.15. The Balaban J connectivity index is 1.82. The highest BCUT2D eigenvalue weighted by molar-refractivity contribution is 9.10. The third-order valence-corrected chi connectivity index (χ3v) is 4.11. The van der Waals surface area contributed by atoms with E-state index in [2.05, 4.69) is 26.6 Å². The van der Waals surface area contributed by atoms with E-state index in [9.17, 15) is 9.59 Å². The molecule has 0 bridgehead atoms. The average Bonchev–Trinajstić information content (AvgIpc) is 2.61. The molecule has 0 aromatic heterocycles. The van der Waals surface area contributed by atoms with E-state index in [1.165, 1.54) is 0 Å². The normalized spacial score (nSPS) is 11.5. The summed E-state index contributed by atoms with van der Waals surface area (Å²) in [7, 11) is 0. The van der Waals surface area contributed by atoms with Crippen LogP contribution in [-0.4, -0.2) is 25.0 Å². The Hall–Kier alpha value is -2.34. The van der Waals surface area contributed by atoms with Gasteiger partial charge >= 0.3 is 0 Å². The molecule has 2 aromatic rings. The molecule has 0 saturated heterocycles. The molecular formula is C19H21BrN2O3. The molecule has 132 valence electrons. The molecule has 0 fully saturated rings. The van der Waals surface area contributed by atoms with Crippen LogP contribution in [0.25, 0.3) is 0 Å². The van der Waals surface area contributed by atoms with Gasteiger partial charge in [0.25, 0.3) is 5.91 Å². The van der Waals surface area contributed by atoms with E-state index in [-0.39, 0.29) is 24.4 Å². The highest BCUT2D eigenvalue weighted by atomic mass is 79.9. The first-order chi connectivity index (χ1) is 12.0. The van der Waals surface area contributed by atoms with Gasteiger partial charge < -0.3 is 15.4 Å². The largest absolute Gasteiger partial charge is 0.494 e. The maximum Gasteiger partial charge on any atom is 0.251 e. The molecule has 0 aliphatic rings. The fourth-order valence-electron chi connectivity index (χ4n) is 2.26. The van der Waals surface area contributed by atoms with E-state index < -0.39 is 0 Å². The van der Waals surface area contributed by atoms with E-state index in [0.717, 1.165) is 10.0 Å². The van der Waals surface area contributed by atoms with E-state index in [4.69, 9.17) is 4.74 Å². The van der Waals surface area contributed by atoms with Gasteiger partial charge in [-0.05, 0) is 55.8 Å². The zero-order valence-electron chi connectivity index (χ0n) is 14.2. The van der Waals surface area contributed by atoms with E-state index in [1.54, 1.807) is 24.3 Å². The number of hydrogen-bond acceptors (Lipinski definition) is 3. The van der Waals surface area contributed by atoms with Crippen LogP contribution in [0.1, 0.15) is 35.8 Å². The quantitative estimate of drug-likeness (QED) is 0.742. The van der Waals surface area contributed by atoms with Crippen molar-refractivity contribution in [1.29, 1.82) is 0 Å². The number of amides is 2. The molecule has 25 heavy (non-hydrogen) atoms. The number of rotatable bonds is 7. The molecule has 6 heteroatoms. The second-order valence-corrected chi connectivity index (χ2v) is 6.40. The Kier molecular flexibility index (Phi) is 7.01. The number of halogens is 1. The lowest BCUT2D eigenvalue weighted by atomic mass is 10.1. The summed E-state index contributed by atoms with van der Waals surface area (Å²) in [5.41, 5.74) is 1.48. The van der Waals surface area contributed by atoms with Gasteiger partial charge in [0.15, 0.2) is 0 Å². The zero-order chi connectivity index (χ0) is 18.2. The molecule has 1 atom stereocenters. The number of nitrogens with one attached hydrogen (secondary N) is 2. The van der Waals surface area contributed by atoms with Crippen LogP contribution in [0.2, 0.25) is 0 Å². The number of carbonyl (C=O) groups is 2. The second-order valence-electron chi connectivity index (χ2n) is 5.48. The highest BCUT2D eigenvalue weighted by Gasteiger charge is 2.11. The van der Waals surface area contributed by atoms with Crippen molar-refractivity contribution in [2.75, 3.05) is 13.2 Å². The van der Waals surface area contributed by atoms with Gasteiger partial charge in [0.2, 0.25) is 5.91 Å². The summed E-state index contributed by atoms with van der Waals surface area (Å²) < 4.78 is 6.32. The van der Waals surface area contributed by atoms with Crippen molar-refractivity contribution in [2.24, 2.45) is 0 Å². The predicted octanol–water partition coefficient (Wildman–Crippen LogP) is 3.46. The summed E-state index contributed by atoms with van der Waals surface area (Å²) in [6.45, 7) is 4.29. The highest BCUT2D eigenvalue weighted by Crippen LogP contribution is 2.16. The van der Waals surface area contributed by atoms with Crippen LogP contribution in [0.5, 0.6) is 5.75 Å². The summed E-state index contributed by atoms with van der Waals surface area (Å²) in [5, 5.41) is 5.48. The maximum absolute atomic E-state index is 12.1. The van der Waals surface area contributed by atoms with Gasteiger partial charge in [-0.2, -0.15) is 0 Å². The molecule has 2 rings (SSSR count). The molecule has 0 saturated carbocycles. The van der Waals surface area contributed by atoms with Gasteiger partial charge in [-0.3, -0.25) is 9.59 Å². The van der Waals surface area contributed by atoms with Gasteiger partial charge in [0.05, 0.1) is 19.2 Å². The van der Waals surface area contributed by atoms with Gasteiger partial charge in [0, 0.05) is 10.0 Å². The Morgan fingerprint density at radius 2 is 1.72 bits per heavy atom. The molecular weight excluding hydrogens is 384 g/mol. The summed E-state index contributed by atoms with van der Waals surface area (Å²) >= 11 is 3.38. The molecule has 0 radical (unpaired) electrons. The van der Waals surface area contributed by atoms with Gasteiger partial charge in [-0.15, -0.1) is 0 Å².